The van der Waals surface area contributed by atoms with Gasteiger partial charge in [-0.05, 0) is 43.9 Å². The number of nitrogens with two attached hydrogens (primary N) is 1. The minimum absolute atomic E-state index is 0. The van der Waals surface area contributed by atoms with Crippen LogP contribution in [0.1, 0.15) is 15.9 Å². The number of benzene rings is 2. The summed E-state index contributed by atoms with van der Waals surface area (Å²) in [5.74, 6) is 0.871. The molecule has 0 radical (unpaired) electrons. The van der Waals surface area contributed by atoms with E-state index in [1.54, 1.807) is 13.2 Å². The Morgan fingerprint density at radius 3 is 2.64 bits per heavy atom. The molecule has 2 aromatic carbocycles. The number of halogens is 1. The largest absolute Gasteiger partial charge is 0.495 e. The lowest BCUT2D eigenvalue weighted by molar-refractivity contribution is 0.0951. The van der Waals surface area contributed by atoms with E-state index in [0.29, 0.717) is 24.4 Å². The van der Waals surface area contributed by atoms with Gasteiger partial charge in [-0.25, -0.2) is 4.99 Å². The molecule has 0 saturated carbocycles. The topological polar surface area (TPSA) is 92.0 Å². The smallest absolute Gasteiger partial charge is 0.251 e. The van der Waals surface area contributed by atoms with Gasteiger partial charge in [0.1, 0.15) is 5.75 Å². The van der Waals surface area contributed by atoms with E-state index in [1.807, 2.05) is 61.5 Å². The number of nitrogens with one attached hydrogen (secondary N) is 2. The van der Waals surface area contributed by atoms with E-state index < -0.39 is 0 Å². The molecule has 0 atom stereocenters. The van der Waals surface area contributed by atoms with Crippen molar-refractivity contribution in [3.8, 4) is 5.75 Å². The first-order chi connectivity index (χ1) is 13.0. The average molecular weight is 497 g/mol. The van der Waals surface area contributed by atoms with E-state index in [9.17, 15) is 4.79 Å². The van der Waals surface area contributed by atoms with Gasteiger partial charge in [-0.1, -0.05) is 24.3 Å². The summed E-state index contributed by atoms with van der Waals surface area (Å²) in [6, 6.07) is 14.8. The van der Waals surface area contributed by atoms with Gasteiger partial charge >= 0.3 is 0 Å². The Bertz CT molecular complexity index is 796. The van der Waals surface area contributed by atoms with Crippen LogP contribution in [0.3, 0.4) is 0 Å². The highest BCUT2D eigenvalue weighted by Gasteiger charge is 2.06. The van der Waals surface area contributed by atoms with E-state index >= 15 is 0 Å². The van der Waals surface area contributed by atoms with Crippen molar-refractivity contribution in [2.75, 3.05) is 39.6 Å². The van der Waals surface area contributed by atoms with Crippen molar-refractivity contribution in [2.24, 2.45) is 10.7 Å². The number of para-hydroxylation sites is 2. The maximum Gasteiger partial charge on any atom is 0.251 e. The number of rotatable bonds is 8. The number of nitrogens with zero attached hydrogens (tertiary/aromatic N) is 2. The summed E-state index contributed by atoms with van der Waals surface area (Å²) in [6.07, 6.45) is 0. The zero-order valence-electron chi connectivity index (χ0n) is 16.4. The first-order valence-corrected chi connectivity index (χ1v) is 8.71. The predicted molar refractivity (Wildman–Crippen MR) is 125 cm³/mol. The molecule has 0 aliphatic carbocycles. The lowest BCUT2D eigenvalue weighted by Gasteiger charge is -2.11. The summed E-state index contributed by atoms with van der Waals surface area (Å²) in [6.45, 7) is 1.76. The fourth-order valence-electron chi connectivity index (χ4n) is 2.41. The molecule has 0 saturated heterocycles. The lowest BCUT2D eigenvalue weighted by atomic mass is 10.1. The van der Waals surface area contributed by atoms with Crippen molar-refractivity contribution >= 4 is 41.5 Å². The van der Waals surface area contributed by atoms with E-state index in [4.69, 9.17) is 10.5 Å². The molecule has 2 aromatic rings. The second-order valence-electron chi connectivity index (χ2n) is 6.29. The maximum absolute atomic E-state index is 12.2. The molecule has 28 heavy (non-hydrogen) atoms. The Morgan fingerprint density at radius 2 is 1.93 bits per heavy atom. The monoisotopic (exact) mass is 497 g/mol. The second kappa shape index (κ2) is 12.2. The molecule has 2 rings (SSSR count). The molecule has 0 aromatic heterocycles. The number of likely N-dealkylation sites (N-methyl/N-ethyl adjacent to an activating group) is 1. The van der Waals surface area contributed by atoms with Crippen LogP contribution in [-0.2, 0) is 6.54 Å². The van der Waals surface area contributed by atoms with Crippen LogP contribution in [0.5, 0.6) is 5.75 Å². The number of anilines is 1. The number of carbonyl (C=O) groups is 1. The molecule has 7 nitrogen and oxygen atoms in total. The zero-order chi connectivity index (χ0) is 19.6. The molecule has 0 spiro atoms. The quantitative estimate of drug-likeness (QED) is 0.296. The third-order valence-electron chi connectivity index (χ3n) is 3.84. The van der Waals surface area contributed by atoms with Gasteiger partial charge in [0.05, 0.1) is 19.3 Å². The molecule has 0 aliphatic rings. The van der Waals surface area contributed by atoms with E-state index in [1.165, 1.54) is 0 Å². The molecule has 0 unspecified atom stereocenters. The molecule has 4 N–H and O–H groups in total. The lowest BCUT2D eigenvalue weighted by Crippen LogP contribution is -2.31. The van der Waals surface area contributed by atoms with Gasteiger partial charge in [-0.3, -0.25) is 4.79 Å². The van der Waals surface area contributed by atoms with Crippen LogP contribution in [0, 0.1) is 0 Å². The molecule has 0 bridgehead atoms. The highest BCUT2D eigenvalue weighted by molar-refractivity contribution is 14.0. The third kappa shape index (κ3) is 7.73. The highest BCUT2D eigenvalue weighted by Crippen LogP contribution is 2.22. The van der Waals surface area contributed by atoms with Gasteiger partial charge in [-0.15, -0.1) is 24.0 Å². The predicted octanol–water partition coefficient (Wildman–Crippen LogP) is 2.53. The first kappa shape index (κ1) is 23.7. The molecule has 8 heteroatoms. The number of hydrogen-bond acceptors (Lipinski definition) is 4. The standard InChI is InChI=1S/C20H27N5O2.HI/c1-25(2)12-11-22-19(26)16-8-6-7-15(13-16)14-23-20(21)24-17-9-4-5-10-18(17)27-3;/h4-10,13H,11-12,14H2,1-3H3,(H,22,26)(H3,21,23,24);1H. The van der Waals surface area contributed by atoms with Crippen LogP contribution >= 0.6 is 24.0 Å². The zero-order valence-corrected chi connectivity index (χ0v) is 18.8. The van der Waals surface area contributed by atoms with Crippen LogP contribution in [-0.4, -0.2) is 51.1 Å². The van der Waals surface area contributed by atoms with Gasteiger partial charge in [0.2, 0.25) is 0 Å². The third-order valence-corrected chi connectivity index (χ3v) is 3.84. The normalized spacial score (nSPS) is 10.9. The highest BCUT2D eigenvalue weighted by atomic mass is 127. The fourth-order valence-corrected chi connectivity index (χ4v) is 2.41. The van der Waals surface area contributed by atoms with Crippen LogP contribution in [0.25, 0.3) is 0 Å². The maximum atomic E-state index is 12.2. The number of guanidine groups is 1. The van der Waals surface area contributed by atoms with Crippen LogP contribution < -0.4 is 21.1 Å². The van der Waals surface area contributed by atoms with Crippen molar-refractivity contribution in [1.82, 2.24) is 10.2 Å². The number of methoxy groups -OCH3 is 1. The van der Waals surface area contributed by atoms with E-state index in [2.05, 4.69) is 15.6 Å². The van der Waals surface area contributed by atoms with Crippen molar-refractivity contribution < 1.29 is 9.53 Å². The summed E-state index contributed by atoms with van der Waals surface area (Å²) in [4.78, 5) is 18.6. The number of amides is 1. The molecule has 0 heterocycles. The molecule has 0 fully saturated rings. The Labute approximate surface area is 183 Å². The van der Waals surface area contributed by atoms with Crippen LogP contribution in [0.2, 0.25) is 0 Å². The molecule has 1 amide bonds. The van der Waals surface area contributed by atoms with Gasteiger partial charge < -0.3 is 26.0 Å². The fraction of sp³-hybridized carbons (Fsp3) is 0.300. The number of aliphatic imine (C=N–C) groups is 1. The molecular formula is C20H28IN5O2. The van der Waals surface area contributed by atoms with Crippen LogP contribution in [0.15, 0.2) is 53.5 Å². The Balaban J connectivity index is 0.00000392. The SMILES string of the molecule is COc1ccccc1NC(N)=NCc1cccc(C(=O)NCCN(C)C)c1.I. The first-order valence-electron chi connectivity index (χ1n) is 8.71. The van der Waals surface area contributed by atoms with Gasteiger partial charge in [0.25, 0.3) is 5.91 Å². The minimum Gasteiger partial charge on any atom is -0.495 e. The number of hydrogen-bond donors (Lipinski definition) is 3. The van der Waals surface area contributed by atoms with Crippen LogP contribution in [0.4, 0.5) is 5.69 Å². The number of ether oxygens (including phenoxy) is 1. The van der Waals surface area contributed by atoms with E-state index in [0.717, 1.165) is 17.8 Å². The molecular weight excluding hydrogens is 469 g/mol. The Kier molecular flexibility index (Phi) is 10.3. The van der Waals surface area contributed by atoms with Crippen molar-refractivity contribution in [3.63, 3.8) is 0 Å². The van der Waals surface area contributed by atoms with Crippen molar-refractivity contribution in [1.29, 1.82) is 0 Å². The van der Waals surface area contributed by atoms with Gasteiger partial charge in [0.15, 0.2) is 5.96 Å². The summed E-state index contributed by atoms with van der Waals surface area (Å²) in [5.41, 5.74) is 8.23. The van der Waals surface area contributed by atoms with Crippen molar-refractivity contribution in [3.05, 3.63) is 59.7 Å². The van der Waals surface area contributed by atoms with Gasteiger partial charge in [-0.2, -0.15) is 0 Å². The van der Waals surface area contributed by atoms with Crippen molar-refractivity contribution in [2.45, 2.75) is 6.54 Å². The van der Waals surface area contributed by atoms with E-state index in [-0.39, 0.29) is 35.8 Å². The number of carbonyl (C=O) groups excluding carboxylic acids is 1. The second-order valence-corrected chi connectivity index (χ2v) is 6.29. The summed E-state index contributed by atoms with van der Waals surface area (Å²) >= 11 is 0. The van der Waals surface area contributed by atoms with Gasteiger partial charge in [0, 0.05) is 18.7 Å². The summed E-state index contributed by atoms with van der Waals surface area (Å²) in [7, 11) is 5.53. The minimum atomic E-state index is -0.0946. The molecule has 152 valence electrons. The summed E-state index contributed by atoms with van der Waals surface area (Å²) < 4.78 is 5.28. The molecule has 0 aliphatic heterocycles. The average Bonchev–Trinajstić information content (AvgIpc) is 2.66. The summed E-state index contributed by atoms with van der Waals surface area (Å²) in [5, 5.41) is 5.93. The Morgan fingerprint density at radius 1 is 1.18 bits per heavy atom. The Hall–Kier alpha value is -2.33.